The first kappa shape index (κ1) is 21.5. The zero-order chi connectivity index (χ0) is 22.2. The van der Waals surface area contributed by atoms with Crippen molar-refractivity contribution in [1.29, 1.82) is 0 Å². The molecule has 3 aromatic carbocycles. The number of methoxy groups -OCH3 is 1. The lowest BCUT2D eigenvalue weighted by Crippen LogP contribution is -2.25. The maximum Gasteiger partial charge on any atom is 0.330 e. The molecule has 158 valence electrons. The second kappa shape index (κ2) is 10.0. The van der Waals surface area contributed by atoms with Crippen LogP contribution in [0.5, 0.6) is 0 Å². The van der Waals surface area contributed by atoms with Crippen LogP contribution in [0.25, 0.3) is 6.08 Å². The van der Waals surface area contributed by atoms with Gasteiger partial charge in [-0.05, 0) is 12.1 Å². The molecule has 0 aliphatic heterocycles. The first-order valence-electron chi connectivity index (χ1n) is 10.2. The van der Waals surface area contributed by atoms with Crippen LogP contribution in [-0.4, -0.2) is 18.1 Å². The molecule has 0 bridgehead atoms. The van der Waals surface area contributed by atoms with E-state index in [1.165, 1.54) is 13.2 Å². The van der Waals surface area contributed by atoms with Gasteiger partial charge in [0.2, 0.25) is 0 Å². The molecule has 0 N–H and O–H groups in total. The van der Waals surface area contributed by atoms with E-state index in [9.17, 15) is 4.79 Å². The number of ether oxygens (including phenoxy) is 1. The molecule has 0 atom stereocenters. The van der Waals surface area contributed by atoms with Gasteiger partial charge in [0.1, 0.15) is 0 Å². The third-order valence-electron chi connectivity index (χ3n) is 5.08. The van der Waals surface area contributed by atoms with Crippen LogP contribution in [0.4, 0.5) is 5.69 Å². The lowest BCUT2D eigenvalue weighted by molar-refractivity contribution is -0.134. The monoisotopic (exact) mass is 438 g/mol. The fourth-order valence-corrected chi connectivity index (χ4v) is 7.10. The van der Waals surface area contributed by atoms with E-state index in [2.05, 4.69) is 41.4 Å². The highest BCUT2D eigenvalue weighted by Gasteiger charge is 2.27. The molecule has 0 saturated heterocycles. The summed E-state index contributed by atoms with van der Waals surface area (Å²) in [6, 6.07) is 33.0. The Morgan fingerprint density at radius 1 is 0.812 bits per heavy atom. The van der Waals surface area contributed by atoms with Gasteiger partial charge in [-0.25, -0.2) is 4.79 Å². The van der Waals surface area contributed by atoms with Crippen molar-refractivity contribution in [2.75, 3.05) is 7.11 Å². The quantitative estimate of drug-likeness (QED) is 0.240. The van der Waals surface area contributed by atoms with Crippen LogP contribution < -0.4 is 15.9 Å². The molecule has 4 aromatic rings. The summed E-state index contributed by atoms with van der Waals surface area (Å²) < 4.78 is 10.2. The van der Waals surface area contributed by atoms with Crippen molar-refractivity contribution in [3.63, 3.8) is 0 Å². The fraction of sp³-hybridized carbons (Fsp3) is 0.0370. The number of hydrogen-bond donors (Lipinski definition) is 0. The Morgan fingerprint density at radius 3 is 1.78 bits per heavy atom. The minimum Gasteiger partial charge on any atom is -0.466 e. The smallest absolute Gasteiger partial charge is 0.330 e. The van der Waals surface area contributed by atoms with Crippen molar-refractivity contribution in [3.05, 3.63) is 121 Å². The number of carbonyl (C=O) groups excluding carboxylic acids is 1. The number of hydrogen-bond acceptors (Lipinski definition) is 4. The predicted octanol–water partition coefficient (Wildman–Crippen LogP) is 5.08. The molecule has 0 amide bonds. The van der Waals surface area contributed by atoms with Gasteiger partial charge >= 0.3 is 5.97 Å². The molecule has 1 aromatic heterocycles. The Balaban J connectivity index is 2.07. The molecule has 4 nitrogen and oxygen atoms in total. The topological polar surface area (TPSA) is 51.5 Å². The standard InChI is InChI=1S/C27H23N2O2P/c1-31-27(30)18-17-22-19-20-28-21-26(22)29-32(23-11-5-2-6-12-23,24-13-7-3-8-14-24)25-15-9-4-10-16-25/h2-21H,1H3/b18-17+. The Bertz CT molecular complexity index is 1170. The SMILES string of the molecule is COC(=O)/C=C/c1ccncc1N=P(c1ccccc1)(c1ccccc1)c1ccccc1. The number of esters is 1. The van der Waals surface area contributed by atoms with Gasteiger partial charge in [0, 0.05) is 33.7 Å². The number of aromatic nitrogens is 1. The number of nitrogens with zero attached hydrogens (tertiary/aromatic N) is 2. The lowest BCUT2D eigenvalue weighted by atomic mass is 10.2. The van der Waals surface area contributed by atoms with Gasteiger partial charge < -0.3 is 4.74 Å². The van der Waals surface area contributed by atoms with Gasteiger partial charge in [-0.3, -0.25) is 9.73 Å². The second-order valence-electron chi connectivity index (χ2n) is 7.03. The zero-order valence-electron chi connectivity index (χ0n) is 17.7. The second-order valence-corrected chi connectivity index (χ2v) is 10.1. The Hall–Kier alpha value is -3.75. The molecule has 4 rings (SSSR count). The third kappa shape index (κ3) is 4.46. The van der Waals surface area contributed by atoms with E-state index in [1.54, 1.807) is 18.5 Å². The molecule has 5 heteroatoms. The normalized spacial score (nSPS) is 11.3. The van der Waals surface area contributed by atoms with Crippen LogP contribution in [0, 0.1) is 0 Å². The fourth-order valence-electron chi connectivity index (χ4n) is 3.56. The summed E-state index contributed by atoms with van der Waals surface area (Å²) in [6.07, 6.45) is 6.58. The summed E-state index contributed by atoms with van der Waals surface area (Å²) in [7, 11) is -1.06. The van der Waals surface area contributed by atoms with Gasteiger partial charge in [-0.2, -0.15) is 0 Å². The molecule has 0 fully saturated rings. The first-order valence-corrected chi connectivity index (χ1v) is 12.0. The van der Waals surface area contributed by atoms with Crippen LogP contribution in [0.3, 0.4) is 0 Å². The summed E-state index contributed by atoms with van der Waals surface area (Å²) in [6.45, 7) is 0. The van der Waals surface area contributed by atoms with E-state index in [1.807, 2.05) is 60.7 Å². The minimum atomic E-state index is -2.42. The average Bonchev–Trinajstić information content (AvgIpc) is 2.88. The van der Waals surface area contributed by atoms with Crippen LogP contribution in [0.2, 0.25) is 0 Å². The van der Waals surface area contributed by atoms with Gasteiger partial charge in [-0.15, -0.1) is 0 Å². The van der Waals surface area contributed by atoms with E-state index in [-0.39, 0.29) is 0 Å². The van der Waals surface area contributed by atoms with E-state index in [0.29, 0.717) is 0 Å². The van der Waals surface area contributed by atoms with E-state index in [4.69, 9.17) is 9.48 Å². The highest BCUT2D eigenvalue weighted by molar-refractivity contribution is 7.87. The Kier molecular flexibility index (Phi) is 6.74. The molecule has 0 aliphatic carbocycles. The third-order valence-corrected chi connectivity index (χ3v) is 8.73. The molecular weight excluding hydrogens is 415 g/mol. The van der Waals surface area contributed by atoms with Crippen LogP contribution in [0.1, 0.15) is 5.56 Å². The molecule has 0 aliphatic rings. The molecule has 32 heavy (non-hydrogen) atoms. The van der Waals surface area contributed by atoms with Crippen molar-refractivity contribution in [1.82, 2.24) is 4.98 Å². The Labute approximate surface area is 188 Å². The molecule has 1 heterocycles. The molecule has 0 radical (unpaired) electrons. The number of benzene rings is 3. The Morgan fingerprint density at radius 2 is 1.31 bits per heavy atom. The van der Waals surface area contributed by atoms with Crippen molar-refractivity contribution in [2.45, 2.75) is 0 Å². The molecular formula is C27H23N2O2P. The van der Waals surface area contributed by atoms with Gasteiger partial charge in [0.25, 0.3) is 0 Å². The van der Waals surface area contributed by atoms with Crippen molar-refractivity contribution in [2.24, 2.45) is 4.74 Å². The lowest BCUT2D eigenvalue weighted by Gasteiger charge is -2.27. The van der Waals surface area contributed by atoms with Crippen LogP contribution >= 0.6 is 7.05 Å². The van der Waals surface area contributed by atoms with Crippen LogP contribution in [-0.2, 0) is 9.53 Å². The summed E-state index contributed by atoms with van der Waals surface area (Å²) in [5, 5.41) is 3.43. The average molecular weight is 438 g/mol. The summed E-state index contributed by atoms with van der Waals surface area (Å²) in [5.74, 6) is -0.414. The summed E-state index contributed by atoms with van der Waals surface area (Å²) >= 11 is 0. The van der Waals surface area contributed by atoms with Gasteiger partial charge in [0.05, 0.1) is 26.0 Å². The van der Waals surface area contributed by atoms with E-state index in [0.717, 1.165) is 27.2 Å². The number of pyridine rings is 1. The molecule has 0 spiro atoms. The van der Waals surface area contributed by atoms with Crippen molar-refractivity contribution >= 4 is 40.7 Å². The van der Waals surface area contributed by atoms with Crippen molar-refractivity contribution < 1.29 is 9.53 Å². The highest BCUT2D eigenvalue weighted by Crippen LogP contribution is 2.49. The van der Waals surface area contributed by atoms with Crippen LogP contribution in [0.15, 0.2) is 120 Å². The maximum absolute atomic E-state index is 11.7. The van der Waals surface area contributed by atoms with Gasteiger partial charge in [-0.1, -0.05) is 91.0 Å². The van der Waals surface area contributed by atoms with Gasteiger partial charge in [0.15, 0.2) is 0 Å². The van der Waals surface area contributed by atoms with Crippen molar-refractivity contribution in [3.8, 4) is 0 Å². The van der Waals surface area contributed by atoms with E-state index < -0.39 is 13.0 Å². The summed E-state index contributed by atoms with van der Waals surface area (Å²) in [4.78, 5) is 16.0. The largest absolute Gasteiger partial charge is 0.466 e. The molecule has 0 unspecified atom stereocenters. The van der Waals surface area contributed by atoms with E-state index >= 15 is 0 Å². The maximum atomic E-state index is 11.7. The first-order chi connectivity index (χ1) is 15.7. The number of carbonyl (C=O) groups is 1. The highest BCUT2D eigenvalue weighted by atomic mass is 31.2. The predicted molar refractivity (Wildman–Crippen MR) is 133 cm³/mol. The summed E-state index contributed by atoms with van der Waals surface area (Å²) in [5.41, 5.74) is 1.52. The number of rotatable bonds is 6. The zero-order valence-corrected chi connectivity index (χ0v) is 18.6. The molecule has 0 saturated carbocycles. The minimum absolute atomic E-state index is 0.414.